The molecule has 5 heteroatoms. The Morgan fingerprint density at radius 1 is 1.08 bits per heavy atom. The normalized spacial score (nSPS) is 16.9. The second-order valence-corrected chi connectivity index (χ2v) is 6.58. The van der Waals surface area contributed by atoms with Crippen molar-refractivity contribution in [1.29, 1.82) is 0 Å². The van der Waals surface area contributed by atoms with Gasteiger partial charge in [-0.15, -0.1) is 0 Å². The van der Waals surface area contributed by atoms with Gasteiger partial charge in [-0.2, -0.15) is 0 Å². The highest BCUT2D eigenvalue weighted by Gasteiger charge is 2.29. The van der Waals surface area contributed by atoms with Gasteiger partial charge < -0.3 is 16.0 Å². The van der Waals surface area contributed by atoms with Gasteiger partial charge in [0.2, 0.25) is 5.91 Å². The van der Waals surface area contributed by atoms with Crippen molar-refractivity contribution in [2.45, 2.75) is 44.9 Å². The molecule has 3 N–H and O–H groups in total. The summed E-state index contributed by atoms with van der Waals surface area (Å²) < 4.78 is 0. The van der Waals surface area contributed by atoms with Crippen molar-refractivity contribution in [3.05, 3.63) is 35.9 Å². The van der Waals surface area contributed by atoms with Crippen LogP contribution in [0.3, 0.4) is 0 Å². The lowest BCUT2D eigenvalue weighted by molar-refractivity contribution is -0.117. The predicted octanol–water partition coefficient (Wildman–Crippen LogP) is 4.05. The number of amides is 3. The van der Waals surface area contributed by atoms with Crippen molar-refractivity contribution < 1.29 is 9.59 Å². The molecule has 5 nitrogen and oxygen atoms in total. The monoisotopic (exact) mass is 327 g/mol. The molecule has 1 aromatic carbocycles. The molecule has 1 saturated carbocycles. The molecule has 24 heavy (non-hydrogen) atoms. The summed E-state index contributed by atoms with van der Waals surface area (Å²) in [6, 6.07) is 7.04. The largest absolute Gasteiger partial charge is 0.338 e. The molecular weight excluding hydrogens is 302 g/mol. The minimum atomic E-state index is -0.211. The lowest BCUT2D eigenvalue weighted by atomic mass is 9.97. The van der Waals surface area contributed by atoms with E-state index in [0.717, 1.165) is 31.4 Å². The lowest BCUT2D eigenvalue weighted by Crippen LogP contribution is -2.29. The number of carbonyl (C=O) groups excluding carboxylic acids is 2. The maximum atomic E-state index is 12.0. The zero-order valence-electron chi connectivity index (χ0n) is 13.9. The molecule has 128 valence electrons. The summed E-state index contributed by atoms with van der Waals surface area (Å²) in [5.41, 5.74) is 2.85. The number of nitrogens with one attached hydrogen (secondary N) is 3. The van der Waals surface area contributed by atoms with E-state index in [9.17, 15) is 9.59 Å². The Labute approximate surface area is 142 Å². The Kier molecular flexibility index (Phi) is 5.51. The van der Waals surface area contributed by atoms with Crippen molar-refractivity contribution in [3.63, 3.8) is 0 Å². The molecule has 0 atom stereocenters. The van der Waals surface area contributed by atoms with Gasteiger partial charge >= 0.3 is 6.03 Å². The van der Waals surface area contributed by atoms with Crippen LogP contribution in [0.25, 0.3) is 0 Å². The second kappa shape index (κ2) is 7.99. The van der Waals surface area contributed by atoms with Crippen LogP contribution in [0.4, 0.5) is 16.2 Å². The van der Waals surface area contributed by atoms with E-state index >= 15 is 0 Å². The van der Waals surface area contributed by atoms with Gasteiger partial charge in [0.25, 0.3) is 0 Å². The molecule has 3 amide bonds. The van der Waals surface area contributed by atoms with E-state index in [1.165, 1.54) is 24.8 Å². The van der Waals surface area contributed by atoms with Gasteiger partial charge in [0.15, 0.2) is 0 Å². The van der Waals surface area contributed by atoms with Gasteiger partial charge in [-0.3, -0.25) is 4.79 Å². The highest BCUT2D eigenvalue weighted by Crippen LogP contribution is 2.30. The van der Waals surface area contributed by atoms with Gasteiger partial charge in [-0.1, -0.05) is 17.7 Å². The van der Waals surface area contributed by atoms with Gasteiger partial charge in [-0.25, -0.2) is 4.79 Å². The van der Waals surface area contributed by atoms with E-state index in [-0.39, 0.29) is 17.9 Å². The van der Waals surface area contributed by atoms with E-state index in [1.807, 2.05) is 18.2 Å². The molecule has 0 unspecified atom stereocenters. The lowest BCUT2D eigenvalue weighted by Gasteiger charge is -2.13. The van der Waals surface area contributed by atoms with E-state index < -0.39 is 0 Å². The maximum absolute atomic E-state index is 12.0. The van der Waals surface area contributed by atoms with Crippen LogP contribution in [0.5, 0.6) is 0 Å². The number of rotatable bonds is 6. The van der Waals surface area contributed by atoms with Crippen LogP contribution in [0.1, 0.15) is 44.9 Å². The van der Waals surface area contributed by atoms with Crippen LogP contribution in [-0.4, -0.2) is 18.5 Å². The van der Waals surface area contributed by atoms with Crippen molar-refractivity contribution in [2.24, 2.45) is 5.92 Å². The number of carbonyl (C=O) groups is 2. The third-order valence-corrected chi connectivity index (χ3v) is 4.45. The molecular formula is C19H25N3O2. The third kappa shape index (κ3) is 5.11. The summed E-state index contributed by atoms with van der Waals surface area (Å²) in [6.45, 7) is 0.649. The smallest absolute Gasteiger partial charge is 0.319 e. The first-order valence-corrected chi connectivity index (χ1v) is 8.84. The fourth-order valence-electron chi connectivity index (χ4n) is 2.91. The number of urea groups is 1. The Bertz CT molecular complexity index is 635. The molecule has 0 aromatic heterocycles. The standard InChI is InChI=1S/C19H25N3O2/c23-18(15-9-10-15)21-16-7-4-8-17(13-16)22-19(24)20-12-11-14-5-2-1-3-6-14/h4-5,7-8,13,15H,1-3,6,9-12H2,(H,21,23)(H2,20,22,24). The first kappa shape index (κ1) is 16.6. The Morgan fingerprint density at radius 2 is 1.88 bits per heavy atom. The van der Waals surface area contributed by atoms with E-state index in [0.29, 0.717) is 12.2 Å². The molecule has 3 rings (SSSR count). The van der Waals surface area contributed by atoms with Crippen molar-refractivity contribution in [2.75, 3.05) is 17.2 Å². The highest BCUT2D eigenvalue weighted by atomic mass is 16.2. The molecule has 0 heterocycles. The minimum absolute atomic E-state index is 0.0670. The fraction of sp³-hybridized carbons (Fsp3) is 0.474. The zero-order chi connectivity index (χ0) is 16.8. The van der Waals surface area contributed by atoms with Crippen molar-refractivity contribution in [1.82, 2.24) is 5.32 Å². The molecule has 0 saturated heterocycles. The Morgan fingerprint density at radius 3 is 2.58 bits per heavy atom. The molecule has 1 fully saturated rings. The molecule has 2 aliphatic rings. The molecule has 0 spiro atoms. The van der Waals surface area contributed by atoms with E-state index in [2.05, 4.69) is 22.0 Å². The van der Waals surface area contributed by atoms with Gasteiger partial charge in [-0.05, 0) is 63.1 Å². The highest BCUT2D eigenvalue weighted by molar-refractivity contribution is 5.95. The topological polar surface area (TPSA) is 70.2 Å². The molecule has 1 aromatic rings. The van der Waals surface area contributed by atoms with Crippen molar-refractivity contribution >= 4 is 23.3 Å². The van der Waals surface area contributed by atoms with Crippen LogP contribution in [-0.2, 0) is 4.79 Å². The Hall–Kier alpha value is -2.30. The quantitative estimate of drug-likeness (QED) is 0.690. The summed E-state index contributed by atoms with van der Waals surface area (Å²) in [5, 5.41) is 8.59. The van der Waals surface area contributed by atoms with Crippen LogP contribution >= 0.6 is 0 Å². The van der Waals surface area contributed by atoms with E-state index in [1.54, 1.807) is 6.07 Å². The summed E-state index contributed by atoms with van der Waals surface area (Å²) in [4.78, 5) is 23.8. The third-order valence-electron chi connectivity index (χ3n) is 4.45. The van der Waals surface area contributed by atoms with Crippen LogP contribution in [0, 0.1) is 5.92 Å². The molecule has 0 aliphatic heterocycles. The predicted molar refractivity (Wildman–Crippen MR) is 96.0 cm³/mol. The van der Waals surface area contributed by atoms with Gasteiger partial charge in [0.05, 0.1) is 0 Å². The van der Waals surface area contributed by atoms with E-state index in [4.69, 9.17) is 0 Å². The van der Waals surface area contributed by atoms with Crippen molar-refractivity contribution in [3.8, 4) is 0 Å². The minimum Gasteiger partial charge on any atom is -0.338 e. The number of anilines is 2. The van der Waals surface area contributed by atoms with Gasteiger partial charge in [0.1, 0.15) is 0 Å². The summed E-state index contributed by atoms with van der Waals surface area (Å²) in [7, 11) is 0. The average molecular weight is 327 g/mol. The SMILES string of the molecule is O=C(NCCC1=CCCCC1)Nc1cccc(NC(=O)C2CC2)c1. The molecule has 0 bridgehead atoms. The maximum Gasteiger partial charge on any atom is 0.319 e. The zero-order valence-corrected chi connectivity index (χ0v) is 13.9. The number of hydrogen-bond donors (Lipinski definition) is 3. The summed E-state index contributed by atoms with van der Waals surface area (Å²) in [6.07, 6.45) is 10.0. The fourth-order valence-corrected chi connectivity index (χ4v) is 2.91. The Balaban J connectivity index is 1.43. The first-order chi connectivity index (χ1) is 11.7. The molecule has 0 radical (unpaired) electrons. The summed E-state index contributed by atoms with van der Waals surface area (Å²) in [5.74, 6) is 0.233. The van der Waals surface area contributed by atoms with Gasteiger partial charge in [0, 0.05) is 23.8 Å². The van der Waals surface area contributed by atoms with Crippen LogP contribution in [0.15, 0.2) is 35.9 Å². The average Bonchev–Trinajstić information content (AvgIpc) is 3.41. The first-order valence-electron chi connectivity index (χ1n) is 8.84. The summed E-state index contributed by atoms with van der Waals surface area (Å²) >= 11 is 0. The number of allylic oxidation sites excluding steroid dienone is 1. The molecule has 2 aliphatic carbocycles. The van der Waals surface area contributed by atoms with Crippen LogP contribution < -0.4 is 16.0 Å². The number of hydrogen-bond acceptors (Lipinski definition) is 2. The van der Waals surface area contributed by atoms with Crippen LogP contribution in [0.2, 0.25) is 0 Å². The number of benzene rings is 1. The second-order valence-electron chi connectivity index (χ2n) is 6.58.